The first-order valence-corrected chi connectivity index (χ1v) is 5.51. The summed E-state index contributed by atoms with van der Waals surface area (Å²) in [5.74, 6) is 0.371. The van der Waals surface area contributed by atoms with Crippen molar-refractivity contribution in [3.8, 4) is 0 Å². The Kier molecular flexibility index (Phi) is 3.57. The molecule has 0 aliphatic rings. The quantitative estimate of drug-likeness (QED) is 0.803. The SMILES string of the molecule is COC(=O)c1cc(NC(C)c2ncc[nH]2)ccn1. The number of anilines is 1. The van der Waals surface area contributed by atoms with Crippen LogP contribution in [0.3, 0.4) is 0 Å². The molecule has 18 heavy (non-hydrogen) atoms. The maximum atomic E-state index is 11.3. The molecule has 0 radical (unpaired) electrons. The maximum absolute atomic E-state index is 11.3. The van der Waals surface area contributed by atoms with Crippen LogP contribution >= 0.6 is 0 Å². The Morgan fingerprint density at radius 2 is 2.28 bits per heavy atom. The number of carbonyl (C=O) groups excluding carboxylic acids is 1. The molecule has 6 nitrogen and oxygen atoms in total. The zero-order valence-corrected chi connectivity index (χ0v) is 10.2. The number of H-pyrrole nitrogens is 1. The van der Waals surface area contributed by atoms with Crippen LogP contribution in [0.2, 0.25) is 0 Å². The van der Waals surface area contributed by atoms with Crippen LogP contribution in [-0.2, 0) is 4.74 Å². The summed E-state index contributed by atoms with van der Waals surface area (Å²) in [6.07, 6.45) is 5.02. The molecule has 0 bridgehead atoms. The first kappa shape index (κ1) is 12.1. The lowest BCUT2D eigenvalue weighted by Crippen LogP contribution is -2.10. The van der Waals surface area contributed by atoms with Gasteiger partial charge in [-0.05, 0) is 19.1 Å². The van der Waals surface area contributed by atoms with Gasteiger partial charge in [-0.2, -0.15) is 0 Å². The second-order valence-electron chi connectivity index (χ2n) is 3.76. The minimum atomic E-state index is -0.454. The number of nitrogens with zero attached hydrogens (tertiary/aromatic N) is 2. The van der Waals surface area contributed by atoms with Gasteiger partial charge < -0.3 is 15.0 Å². The number of esters is 1. The normalized spacial score (nSPS) is 11.9. The van der Waals surface area contributed by atoms with Crippen molar-refractivity contribution < 1.29 is 9.53 Å². The van der Waals surface area contributed by atoms with Gasteiger partial charge in [0.2, 0.25) is 0 Å². The number of aromatic amines is 1. The van der Waals surface area contributed by atoms with E-state index >= 15 is 0 Å². The summed E-state index contributed by atoms with van der Waals surface area (Å²) < 4.78 is 4.62. The van der Waals surface area contributed by atoms with Gasteiger partial charge in [0.15, 0.2) is 0 Å². The van der Waals surface area contributed by atoms with Gasteiger partial charge in [-0.3, -0.25) is 0 Å². The van der Waals surface area contributed by atoms with E-state index in [2.05, 4.69) is 25.0 Å². The number of hydrogen-bond donors (Lipinski definition) is 2. The second kappa shape index (κ2) is 5.31. The number of methoxy groups -OCH3 is 1. The molecule has 2 aromatic rings. The molecule has 0 aliphatic carbocycles. The third-order valence-corrected chi connectivity index (χ3v) is 2.47. The fourth-order valence-electron chi connectivity index (χ4n) is 1.57. The van der Waals surface area contributed by atoms with Gasteiger partial charge in [0.25, 0.3) is 0 Å². The smallest absolute Gasteiger partial charge is 0.356 e. The first-order valence-electron chi connectivity index (χ1n) is 5.51. The van der Waals surface area contributed by atoms with E-state index in [0.29, 0.717) is 0 Å². The monoisotopic (exact) mass is 246 g/mol. The molecule has 94 valence electrons. The largest absolute Gasteiger partial charge is 0.464 e. The molecule has 0 saturated carbocycles. The third kappa shape index (κ3) is 2.65. The Morgan fingerprint density at radius 3 is 2.94 bits per heavy atom. The lowest BCUT2D eigenvalue weighted by molar-refractivity contribution is 0.0594. The van der Waals surface area contributed by atoms with E-state index in [1.54, 1.807) is 30.7 Å². The predicted octanol–water partition coefficient (Wildman–Crippen LogP) is 1.76. The Morgan fingerprint density at radius 1 is 1.44 bits per heavy atom. The summed E-state index contributed by atoms with van der Waals surface area (Å²) >= 11 is 0. The van der Waals surface area contributed by atoms with Gasteiger partial charge in [0, 0.05) is 24.3 Å². The van der Waals surface area contributed by atoms with Gasteiger partial charge in [-0.1, -0.05) is 0 Å². The molecule has 6 heteroatoms. The van der Waals surface area contributed by atoms with Crippen molar-refractivity contribution in [1.29, 1.82) is 0 Å². The van der Waals surface area contributed by atoms with Crippen LogP contribution in [0.25, 0.3) is 0 Å². The van der Waals surface area contributed by atoms with Crippen LogP contribution in [0, 0.1) is 0 Å². The Balaban J connectivity index is 2.12. The number of nitrogens with one attached hydrogen (secondary N) is 2. The van der Waals surface area contributed by atoms with Crippen molar-refractivity contribution in [2.24, 2.45) is 0 Å². The van der Waals surface area contributed by atoms with Crippen molar-refractivity contribution in [1.82, 2.24) is 15.0 Å². The molecule has 1 unspecified atom stereocenters. The van der Waals surface area contributed by atoms with Crippen molar-refractivity contribution in [3.63, 3.8) is 0 Å². The van der Waals surface area contributed by atoms with Crippen molar-refractivity contribution in [3.05, 3.63) is 42.2 Å². The molecule has 1 atom stereocenters. The Bertz CT molecular complexity index is 525. The number of carbonyl (C=O) groups is 1. The summed E-state index contributed by atoms with van der Waals surface area (Å²) in [5.41, 5.74) is 1.06. The highest BCUT2D eigenvalue weighted by atomic mass is 16.5. The van der Waals surface area contributed by atoms with Crippen molar-refractivity contribution >= 4 is 11.7 Å². The average molecular weight is 246 g/mol. The van der Waals surface area contributed by atoms with E-state index in [4.69, 9.17) is 0 Å². The van der Waals surface area contributed by atoms with E-state index in [-0.39, 0.29) is 11.7 Å². The van der Waals surface area contributed by atoms with E-state index < -0.39 is 5.97 Å². The van der Waals surface area contributed by atoms with E-state index in [9.17, 15) is 4.79 Å². The summed E-state index contributed by atoms with van der Waals surface area (Å²) in [5, 5.41) is 3.22. The molecule has 0 fully saturated rings. The zero-order chi connectivity index (χ0) is 13.0. The molecule has 0 saturated heterocycles. The fourth-order valence-corrected chi connectivity index (χ4v) is 1.57. The van der Waals surface area contributed by atoms with E-state index in [1.165, 1.54) is 7.11 Å². The van der Waals surface area contributed by atoms with Crippen molar-refractivity contribution in [2.75, 3.05) is 12.4 Å². The summed E-state index contributed by atoms with van der Waals surface area (Å²) in [6, 6.07) is 3.44. The Labute approximate surface area is 104 Å². The molecule has 2 heterocycles. The van der Waals surface area contributed by atoms with Crippen LogP contribution in [0.5, 0.6) is 0 Å². The molecule has 0 aromatic carbocycles. The molecule has 0 aliphatic heterocycles. The highest BCUT2D eigenvalue weighted by Crippen LogP contribution is 2.16. The van der Waals surface area contributed by atoms with E-state index in [0.717, 1.165) is 11.5 Å². The Hall–Kier alpha value is -2.37. The third-order valence-electron chi connectivity index (χ3n) is 2.47. The number of aromatic nitrogens is 3. The van der Waals surface area contributed by atoms with E-state index in [1.807, 2.05) is 6.92 Å². The van der Waals surface area contributed by atoms with Crippen LogP contribution in [0.4, 0.5) is 5.69 Å². The van der Waals surface area contributed by atoms with Crippen LogP contribution in [0.1, 0.15) is 29.3 Å². The number of imidazole rings is 1. The summed E-state index contributed by atoms with van der Waals surface area (Å²) in [6.45, 7) is 1.97. The fraction of sp³-hybridized carbons (Fsp3) is 0.250. The van der Waals surface area contributed by atoms with Gasteiger partial charge in [0.05, 0.1) is 13.2 Å². The molecule has 0 amide bonds. The molecule has 2 aromatic heterocycles. The highest BCUT2D eigenvalue weighted by Gasteiger charge is 2.10. The minimum absolute atomic E-state index is 0.00731. The molecular weight excluding hydrogens is 232 g/mol. The van der Waals surface area contributed by atoms with Gasteiger partial charge in [-0.15, -0.1) is 0 Å². The van der Waals surface area contributed by atoms with Gasteiger partial charge in [0.1, 0.15) is 11.5 Å². The van der Waals surface area contributed by atoms with Crippen molar-refractivity contribution in [2.45, 2.75) is 13.0 Å². The second-order valence-corrected chi connectivity index (χ2v) is 3.76. The lowest BCUT2D eigenvalue weighted by Gasteiger charge is -2.13. The number of rotatable bonds is 4. The topological polar surface area (TPSA) is 79.9 Å². The highest BCUT2D eigenvalue weighted by molar-refractivity contribution is 5.88. The predicted molar refractivity (Wildman–Crippen MR) is 66.2 cm³/mol. The van der Waals surface area contributed by atoms with Crippen LogP contribution < -0.4 is 5.32 Å². The summed E-state index contributed by atoms with van der Waals surface area (Å²) in [4.78, 5) is 22.5. The van der Waals surface area contributed by atoms with Gasteiger partial charge >= 0.3 is 5.97 Å². The zero-order valence-electron chi connectivity index (χ0n) is 10.2. The average Bonchev–Trinajstić information content (AvgIpc) is 2.92. The number of pyridine rings is 1. The van der Waals surface area contributed by atoms with Gasteiger partial charge in [-0.25, -0.2) is 14.8 Å². The molecule has 0 spiro atoms. The summed E-state index contributed by atoms with van der Waals surface area (Å²) in [7, 11) is 1.33. The molecular formula is C12H14N4O2. The number of ether oxygens (including phenoxy) is 1. The first-order chi connectivity index (χ1) is 8.70. The number of hydrogen-bond acceptors (Lipinski definition) is 5. The standard InChI is InChI=1S/C12H14N4O2/c1-8(11-14-5-6-15-11)16-9-3-4-13-10(7-9)12(17)18-2/h3-8H,1-2H3,(H,13,16)(H,14,15). The lowest BCUT2D eigenvalue weighted by atomic mass is 10.2. The maximum Gasteiger partial charge on any atom is 0.356 e. The molecule has 2 N–H and O–H groups in total. The minimum Gasteiger partial charge on any atom is -0.464 e. The van der Waals surface area contributed by atoms with Crippen LogP contribution in [0.15, 0.2) is 30.7 Å². The molecule has 2 rings (SSSR count). The van der Waals surface area contributed by atoms with Crippen LogP contribution in [-0.4, -0.2) is 28.0 Å².